The van der Waals surface area contributed by atoms with Crippen LogP contribution in [-0.4, -0.2) is 107 Å². The monoisotopic (exact) mass is 1350 g/mol. The highest BCUT2D eigenvalue weighted by molar-refractivity contribution is 7.46. The minimum atomic E-state index is -4.81. The summed E-state index contributed by atoms with van der Waals surface area (Å²) in [5.74, 6) is 0. The fraction of sp³-hybridized carbons (Fsp3) is 0.642. The van der Waals surface area contributed by atoms with E-state index in [1.54, 1.807) is 0 Å². The highest BCUT2D eigenvalue weighted by Gasteiger charge is 2.59. The summed E-state index contributed by atoms with van der Waals surface area (Å²) < 4.78 is 56.8. The van der Waals surface area contributed by atoms with Gasteiger partial charge in [-0.2, -0.15) is 4.58 Å². The number of nitrogens with zero attached hydrogens (tertiary/aromatic N) is 4. The van der Waals surface area contributed by atoms with Gasteiger partial charge in [0.15, 0.2) is 5.71 Å². The molecule has 3 heterocycles. The summed E-state index contributed by atoms with van der Waals surface area (Å²) in [4.78, 5) is 28.6. The Morgan fingerprint density at radius 2 is 0.989 bits per heavy atom. The largest absolute Gasteiger partial charge is 0.756 e. The van der Waals surface area contributed by atoms with Crippen molar-refractivity contribution in [1.82, 2.24) is 4.48 Å². The van der Waals surface area contributed by atoms with Crippen molar-refractivity contribution < 1.29 is 50.6 Å². The number of phosphoric ester groups is 2. The molecule has 0 radical (unpaired) electrons. The van der Waals surface area contributed by atoms with E-state index in [-0.39, 0.29) is 17.7 Å². The van der Waals surface area contributed by atoms with Gasteiger partial charge in [-0.25, -0.2) is 4.48 Å². The number of allylic oxidation sites excluding steroid dienone is 8. The van der Waals surface area contributed by atoms with E-state index < -0.39 is 38.9 Å². The van der Waals surface area contributed by atoms with E-state index in [2.05, 4.69) is 148 Å². The van der Waals surface area contributed by atoms with Crippen LogP contribution in [0.2, 0.25) is 0 Å². The number of hydrogen-bond acceptors (Lipinski definition) is 8. The molecule has 0 N–H and O–H groups in total. The molecule has 95 heavy (non-hydrogen) atoms. The van der Waals surface area contributed by atoms with Crippen LogP contribution < -0.4 is 14.3 Å². The standard InChI is InChI=1S/C81H128N4O8P2/c1-12-13-14-15-16-17-18-19-21-24-27-30-33-39-44-57-76(92-94(86,87)90-66-64-83(6,7)8)82-72-61-59-68-51-46-48-53-70(68)78(72)80(2,3)74(82)55-42-37-36-38-43-56-75-81(4,5)79-71-54-49-47-52-69(71)60-62-73(79)85(75)63-50-41-35-32-29-26-23-20-22-25-28-31-34-40-45-58-77(85)93-95(88,89)91-67-65-84(9,10)11/h36-38,42-43,46-49,51-56,59-62,76-77H,12-35,39-41,44-45,50,57-58,63-67H2,1-11H3/q+2/b37-36+,43-38+,55-42+,75-56+. The Labute approximate surface area is 576 Å². The first kappa shape index (κ1) is 78.5. The minimum absolute atomic E-state index is 0.0262. The second-order valence-corrected chi connectivity index (χ2v) is 33.9. The molecule has 0 bridgehead atoms. The van der Waals surface area contributed by atoms with Crippen LogP contribution in [0.1, 0.15) is 251 Å². The number of benzene rings is 4. The molecule has 3 aliphatic heterocycles. The summed E-state index contributed by atoms with van der Waals surface area (Å²) in [7, 11) is 2.60. The summed E-state index contributed by atoms with van der Waals surface area (Å²) in [6.45, 7) is 13.2. The second kappa shape index (κ2) is 38.1. The molecule has 3 aliphatic rings. The van der Waals surface area contributed by atoms with Crippen molar-refractivity contribution in [1.29, 1.82) is 0 Å². The number of phosphoric acid groups is 2. The van der Waals surface area contributed by atoms with Crippen LogP contribution in [0.5, 0.6) is 0 Å². The average Bonchev–Trinajstić information content (AvgIpc) is 1.54. The quantitative estimate of drug-likeness (QED) is 0.0152. The number of rotatable bonds is 33. The van der Waals surface area contributed by atoms with Crippen LogP contribution >= 0.6 is 15.6 Å². The van der Waals surface area contributed by atoms with E-state index in [1.807, 2.05) is 48.4 Å². The lowest BCUT2D eigenvalue weighted by Gasteiger charge is -2.45. The Morgan fingerprint density at radius 1 is 0.537 bits per heavy atom. The Balaban J connectivity index is 1.23. The van der Waals surface area contributed by atoms with Gasteiger partial charge in [0, 0.05) is 42.2 Å². The van der Waals surface area contributed by atoms with Gasteiger partial charge in [-0.05, 0) is 93.1 Å². The molecule has 1 fully saturated rings. The Hall–Kier alpha value is -3.87. The van der Waals surface area contributed by atoms with Crippen LogP contribution in [0.4, 0.5) is 11.4 Å². The first-order chi connectivity index (χ1) is 45.4. The van der Waals surface area contributed by atoms with E-state index in [1.165, 1.54) is 146 Å². The third-order valence-electron chi connectivity index (χ3n) is 20.5. The molecule has 14 heteroatoms. The van der Waals surface area contributed by atoms with Gasteiger partial charge >= 0.3 is 0 Å². The molecule has 0 amide bonds. The second-order valence-electron chi connectivity index (χ2n) is 31.2. The molecule has 12 nitrogen and oxygen atoms in total. The zero-order valence-electron chi connectivity index (χ0n) is 61.2. The van der Waals surface area contributed by atoms with Crippen LogP contribution in [-0.2, 0) is 38.1 Å². The summed E-state index contributed by atoms with van der Waals surface area (Å²) >= 11 is 0. The van der Waals surface area contributed by atoms with Gasteiger partial charge in [0.2, 0.25) is 11.9 Å². The third-order valence-corrected chi connectivity index (χ3v) is 22.5. The number of hydrogen-bond donors (Lipinski definition) is 0. The first-order valence-corrected chi connectivity index (χ1v) is 40.6. The molecule has 5 unspecified atom stereocenters. The molecule has 0 saturated carbocycles. The van der Waals surface area contributed by atoms with Crippen LogP contribution in [0.25, 0.3) is 21.5 Å². The fourth-order valence-corrected chi connectivity index (χ4v) is 17.1. The number of unbranched alkanes of at least 4 members (excludes halogenated alkanes) is 14. The van der Waals surface area contributed by atoms with Crippen molar-refractivity contribution >= 4 is 54.3 Å². The van der Waals surface area contributed by atoms with Gasteiger partial charge in [0.25, 0.3) is 21.9 Å². The van der Waals surface area contributed by atoms with E-state index in [4.69, 9.17) is 18.1 Å². The molecule has 0 aromatic heterocycles. The van der Waals surface area contributed by atoms with Gasteiger partial charge in [-0.3, -0.25) is 18.2 Å². The Kier molecular flexibility index (Phi) is 31.5. The van der Waals surface area contributed by atoms with Gasteiger partial charge in [-0.15, -0.1) is 0 Å². The maximum Gasteiger partial charge on any atom is 0.273 e. The molecule has 1 spiro atoms. The van der Waals surface area contributed by atoms with Gasteiger partial charge in [0.1, 0.15) is 37.7 Å². The molecule has 0 aliphatic carbocycles. The number of likely N-dealkylation sites (N-methyl/N-ethyl adjacent to an activating group) is 2. The van der Waals surface area contributed by atoms with Crippen molar-refractivity contribution in [2.75, 3.05) is 75.1 Å². The lowest BCUT2D eigenvalue weighted by molar-refractivity contribution is -0.870. The predicted molar refractivity (Wildman–Crippen MR) is 397 cm³/mol. The van der Waals surface area contributed by atoms with Gasteiger partial charge in [0.05, 0.1) is 59.7 Å². The van der Waals surface area contributed by atoms with E-state index in [0.29, 0.717) is 41.4 Å². The molecule has 528 valence electrons. The summed E-state index contributed by atoms with van der Waals surface area (Å²) in [5, 5.41) is 4.59. The summed E-state index contributed by atoms with van der Waals surface area (Å²) in [6, 6.07) is 25.9. The molecule has 7 rings (SSSR count). The van der Waals surface area contributed by atoms with Gasteiger partial charge in [-0.1, -0.05) is 253 Å². The van der Waals surface area contributed by atoms with Crippen LogP contribution in [0, 0.1) is 0 Å². The van der Waals surface area contributed by atoms with Crippen LogP contribution in [0.15, 0.2) is 121 Å². The SMILES string of the molecule is CCCCCCCCCCCCCCCCCC(OP(=O)([O-])OCC[N+](C)(C)C)[N+]1=C(/C=C/C=C/C=C/C=C2\C(C)(C)c3c(ccc4ccccc34)[N+]23CCCCCCCCCCCCCCCCCC3OP(=O)([O-])OCC[N+](C)(C)C)C(C)(C)c2c1ccc1ccccc21. The maximum absolute atomic E-state index is 14.5. The molecule has 5 atom stereocenters. The Morgan fingerprint density at radius 3 is 1.53 bits per heavy atom. The Bertz CT molecular complexity index is 3260. The zero-order valence-corrected chi connectivity index (χ0v) is 63.0. The molecular weight excluding hydrogens is 1220 g/mol. The predicted octanol–water partition coefficient (Wildman–Crippen LogP) is 20.8. The summed E-state index contributed by atoms with van der Waals surface area (Å²) in [6.07, 6.45) is 50.4. The minimum Gasteiger partial charge on any atom is -0.756 e. The lowest BCUT2D eigenvalue weighted by atomic mass is 9.79. The number of fused-ring (bicyclic) bond motifs is 7. The molecular formula is C81H128N4O8P2+2. The van der Waals surface area contributed by atoms with Crippen molar-refractivity contribution in [2.24, 2.45) is 0 Å². The third kappa shape index (κ3) is 23.6. The smallest absolute Gasteiger partial charge is 0.273 e. The maximum atomic E-state index is 14.5. The van der Waals surface area contributed by atoms with Crippen molar-refractivity contribution in [3.05, 3.63) is 132 Å². The fourth-order valence-electron chi connectivity index (χ4n) is 15.3. The number of quaternary nitrogens is 3. The zero-order chi connectivity index (χ0) is 68.4. The van der Waals surface area contributed by atoms with E-state index in [0.717, 1.165) is 102 Å². The van der Waals surface area contributed by atoms with Crippen molar-refractivity contribution in [2.45, 2.75) is 263 Å². The highest BCUT2D eigenvalue weighted by Crippen LogP contribution is 2.59. The van der Waals surface area contributed by atoms with E-state index >= 15 is 0 Å². The van der Waals surface area contributed by atoms with Crippen LogP contribution in [0.3, 0.4) is 0 Å². The topological polar surface area (TPSA) is 120 Å². The lowest BCUT2D eigenvalue weighted by Crippen LogP contribution is -2.57. The van der Waals surface area contributed by atoms with E-state index in [9.17, 15) is 18.9 Å². The molecule has 4 aromatic rings. The summed E-state index contributed by atoms with van der Waals surface area (Å²) in [5.41, 5.74) is 5.38. The molecule has 1 saturated heterocycles. The molecule has 4 aromatic carbocycles. The average molecular weight is 1350 g/mol. The highest BCUT2D eigenvalue weighted by atomic mass is 31.2. The van der Waals surface area contributed by atoms with Gasteiger partial charge < -0.3 is 27.8 Å². The van der Waals surface area contributed by atoms with Crippen molar-refractivity contribution in [3.8, 4) is 0 Å². The van der Waals surface area contributed by atoms with Crippen molar-refractivity contribution in [3.63, 3.8) is 0 Å². The first-order valence-electron chi connectivity index (χ1n) is 37.6. The normalized spacial score (nSPS) is 21.8.